The van der Waals surface area contributed by atoms with E-state index in [4.69, 9.17) is 10.5 Å². The maximum Gasteiger partial charge on any atom is 0.419 e. The highest BCUT2D eigenvalue weighted by molar-refractivity contribution is 5.95. The molecule has 2 N–H and O–H groups in total. The third-order valence-electron chi connectivity index (χ3n) is 4.76. The molecule has 0 bridgehead atoms. The van der Waals surface area contributed by atoms with E-state index in [0.717, 1.165) is 11.6 Å². The summed E-state index contributed by atoms with van der Waals surface area (Å²) in [4.78, 5) is 17.5. The molecule has 1 aliphatic rings. The Labute approximate surface area is 152 Å². The first-order chi connectivity index (χ1) is 12.6. The molecule has 1 aromatic heterocycles. The number of aromatic nitrogens is 1. The first kappa shape index (κ1) is 18.7. The molecule has 0 aliphatic carbocycles. The zero-order valence-corrected chi connectivity index (χ0v) is 14.4. The van der Waals surface area contributed by atoms with Gasteiger partial charge in [-0.15, -0.1) is 0 Å². The van der Waals surface area contributed by atoms with Crippen LogP contribution in [0.4, 0.5) is 19.0 Å². The minimum absolute atomic E-state index is 0.190. The zero-order valence-electron chi connectivity index (χ0n) is 14.4. The van der Waals surface area contributed by atoms with Gasteiger partial charge in [0.05, 0.1) is 22.7 Å². The van der Waals surface area contributed by atoms with Gasteiger partial charge in [0.2, 0.25) is 0 Å². The zero-order chi connectivity index (χ0) is 20.0. The number of alkyl halides is 3. The van der Waals surface area contributed by atoms with Gasteiger partial charge in [-0.1, -0.05) is 12.1 Å². The minimum Gasteiger partial charge on any atom is -0.343 e. The fraction of sp³-hybridized carbons (Fsp3) is 0.278. The van der Waals surface area contributed by atoms with Gasteiger partial charge in [-0.3, -0.25) is 10.0 Å². The summed E-state index contributed by atoms with van der Waals surface area (Å²) in [5, 5.41) is 18.1. The number of hydrogen-bond donors (Lipinski definition) is 2. The fourth-order valence-electron chi connectivity index (χ4n) is 3.38. The van der Waals surface area contributed by atoms with Crippen molar-refractivity contribution in [3.8, 4) is 6.07 Å². The van der Waals surface area contributed by atoms with Crippen LogP contribution in [-0.2, 0) is 18.3 Å². The first-order valence-electron chi connectivity index (χ1n) is 7.93. The van der Waals surface area contributed by atoms with Crippen molar-refractivity contribution in [3.05, 3.63) is 58.3 Å². The highest BCUT2D eigenvalue weighted by atomic mass is 19.4. The highest BCUT2D eigenvalue weighted by Gasteiger charge is 2.41. The monoisotopic (exact) mass is 376 g/mol. The van der Waals surface area contributed by atoms with Gasteiger partial charge in [0.25, 0.3) is 5.91 Å². The van der Waals surface area contributed by atoms with E-state index in [0.29, 0.717) is 11.8 Å². The van der Waals surface area contributed by atoms with Crippen molar-refractivity contribution < 1.29 is 23.2 Å². The Balaban J connectivity index is 2.10. The highest BCUT2D eigenvalue weighted by Crippen LogP contribution is 2.43. The van der Waals surface area contributed by atoms with Crippen LogP contribution in [0.1, 0.15) is 46.5 Å². The summed E-state index contributed by atoms with van der Waals surface area (Å²) in [6, 6.07) is 7.68. The molecule has 0 atom stereocenters. The average molecular weight is 376 g/mol. The van der Waals surface area contributed by atoms with Crippen molar-refractivity contribution in [2.45, 2.75) is 32.1 Å². The molecule has 0 fully saturated rings. The molecule has 1 amide bonds. The number of carbonyl (C=O) groups excluding carboxylic acids is 1. The second-order valence-electron chi connectivity index (χ2n) is 6.62. The molecule has 6 nitrogen and oxygen atoms in total. The van der Waals surface area contributed by atoms with Gasteiger partial charge in [0, 0.05) is 18.3 Å². The van der Waals surface area contributed by atoms with Crippen LogP contribution in [0.15, 0.2) is 30.5 Å². The van der Waals surface area contributed by atoms with Crippen LogP contribution in [0.3, 0.4) is 0 Å². The second-order valence-corrected chi connectivity index (χ2v) is 6.62. The predicted molar refractivity (Wildman–Crippen MR) is 88.9 cm³/mol. The summed E-state index contributed by atoms with van der Waals surface area (Å²) in [5.74, 6) is -0.487. The maximum absolute atomic E-state index is 13.0. The molecule has 0 spiro atoms. The Kier molecular flexibility index (Phi) is 4.32. The molecule has 0 saturated carbocycles. The van der Waals surface area contributed by atoms with Crippen LogP contribution in [0.25, 0.3) is 0 Å². The number of benzene rings is 1. The van der Waals surface area contributed by atoms with Crippen LogP contribution in [0.2, 0.25) is 0 Å². The summed E-state index contributed by atoms with van der Waals surface area (Å²) in [7, 11) is 0. The van der Waals surface area contributed by atoms with Gasteiger partial charge >= 0.3 is 6.18 Å². The van der Waals surface area contributed by atoms with E-state index in [1.165, 1.54) is 0 Å². The molecule has 2 aromatic rings. The Bertz CT molecular complexity index is 964. The summed E-state index contributed by atoms with van der Waals surface area (Å²) < 4.78 is 39.1. The number of nitriles is 1. The standard InChI is InChI=1S/C18H15F3N4O2/c1-17(2)13-5-3-4-11(16(26)24-27)12(13)9-25(17)15-6-10(7-22)14(8-23-15)18(19,20)21/h3-6,8,27H,9H2,1-2H3,(H,24,26). The molecule has 2 heterocycles. The number of nitrogens with zero attached hydrogens (tertiary/aromatic N) is 3. The number of rotatable bonds is 2. The Morgan fingerprint density at radius 2 is 2.11 bits per heavy atom. The van der Waals surface area contributed by atoms with Gasteiger partial charge in [-0.05, 0) is 37.1 Å². The van der Waals surface area contributed by atoms with Gasteiger partial charge in [-0.25, -0.2) is 10.5 Å². The Hall–Kier alpha value is -3.12. The van der Waals surface area contributed by atoms with E-state index in [1.807, 2.05) is 13.8 Å². The number of amides is 1. The number of halogens is 3. The average Bonchev–Trinajstić information content (AvgIpc) is 2.90. The lowest BCUT2D eigenvalue weighted by molar-refractivity contribution is -0.138. The second kappa shape index (κ2) is 6.25. The fourth-order valence-corrected chi connectivity index (χ4v) is 3.38. The SMILES string of the molecule is CC1(C)c2cccc(C(=O)NO)c2CN1c1cc(C#N)c(C(F)(F)F)cn1. The normalized spacial score (nSPS) is 15.2. The number of nitrogens with one attached hydrogen (secondary N) is 1. The van der Waals surface area contributed by atoms with Crippen LogP contribution in [-0.4, -0.2) is 16.1 Å². The molecule has 1 aromatic carbocycles. The van der Waals surface area contributed by atoms with E-state index < -0.39 is 28.7 Å². The van der Waals surface area contributed by atoms with Crippen LogP contribution in [0.5, 0.6) is 0 Å². The summed E-state index contributed by atoms with van der Waals surface area (Å²) in [6.07, 6.45) is -4.03. The molecular weight excluding hydrogens is 361 g/mol. The van der Waals surface area contributed by atoms with Crippen LogP contribution >= 0.6 is 0 Å². The topological polar surface area (TPSA) is 89.2 Å². The Morgan fingerprint density at radius 3 is 2.70 bits per heavy atom. The summed E-state index contributed by atoms with van der Waals surface area (Å²) in [5.41, 5.74) is 0.962. The van der Waals surface area contributed by atoms with E-state index in [1.54, 1.807) is 34.6 Å². The molecule has 0 saturated heterocycles. The molecule has 140 valence electrons. The summed E-state index contributed by atoms with van der Waals surface area (Å²) in [6.45, 7) is 3.87. The van der Waals surface area contributed by atoms with Gasteiger partial charge < -0.3 is 4.90 Å². The van der Waals surface area contributed by atoms with E-state index in [9.17, 15) is 18.0 Å². The van der Waals surface area contributed by atoms with Crippen molar-refractivity contribution in [1.82, 2.24) is 10.5 Å². The molecule has 0 unspecified atom stereocenters. The Morgan fingerprint density at radius 1 is 1.41 bits per heavy atom. The van der Waals surface area contributed by atoms with Crippen LogP contribution < -0.4 is 10.4 Å². The van der Waals surface area contributed by atoms with E-state index in [-0.39, 0.29) is 17.9 Å². The quantitative estimate of drug-likeness (QED) is 0.620. The molecular formula is C18H15F3N4O2. The molecule has 0 radical (unpaired) electrons. The largest absolute Gasteiger partial charge is 0.419 e. The number of hydroxylamine groups is 1. The number of hydrogen-bond acceptors (Lipinski definition) is 5. The summed E-state index contributed by atoms with van der Waals surface area (Å²) >= 11 is 0. The maximum atomic E-state index is 13.0. The molecule has 27 heavy (non-hydrogen) atoms. The van der Waals surface area contributed by atoms with Crippen molar-refractivity contribution in [3.63, 3.8) is 0 Å². The first-order valence-corrected chi connectivity index (χ1v) is 7.93. The van der Waals surface area contributed by atoms with Crippen molar-refractivity contribution in [2.75, 3.05) is 4.90 Å². The lowest BCUT2D eigenvalue weighted by atomic mass is 9.91. The van der Waals surface area contributed by atoms with E-state index in [2.05, 4.69) is 4.98 Å². The number of fused-ring (bicyclic) bond motifs is 1. The third-order valence-corrected chi connectivity index (χ3v) is 4.76. The number of anilines is 1. The molecule has 9 heteroatoms. The predicted octanol–water partition coefficient (Wildman–Crippen LogP) is 3.35. The molecule has 1 aliphatic heterocycles. The van der Waals surface area contributed by atoms with Crippen LogP contribution in [0, 0.1) is 11.3 Å². The number of pyridine rings is 1. The van der Waals surface area contributed by atoms with Crippen molar-refractivity contribution in [2.24, 2.45) is 0 Å². The van der Waals surface area contributed by atoms with Crippen molar-refractivity contribution in [1.29, 1.82) is 5.26 Å². The van der Waals surface area contributed by atoms with Crippen molar-refractivity contribution >= 4 is 11.7 Å². The molecule has 3 rings (SSSR count). The van der Waals surface area contributed by atoms with E-state index >= 15 is 0 Å². The minimum atomic E-state index is -4.67. The lowest BCUT2D eigenvalue weighted by Gasteiger charge is -2.33. The number of carbonyl (C=O) groups is 1. The van der Waals surface area contributed by atoms with Gasteiger partial charge in [0.15, 0.2) is 0 Å². The van der Waals surface area contributed by atoms with Gasteiger partial charge in [0.1, 0.15) is 5.82 Å². The van der Waals surface area contributed by atoms with Gasteiger partial charge in [-0.2, -0.15) is 18.4 Å². The smallest absolute Gasteiger partial charge is 0.343 e. The third kappa shape index (κ3) is 2.98. The lowest BCUT2D eigenvalue weighted by Crippen LogP contribution is -2.36.